The highest BCUT2D eigenvalue weighted by Gasteiger charge is 2.15. The molecule has 2 aromatic rings. The molecule has 0 spiro atoms. The Labute approximate surface area is 125 Å². The first-order valence-corrected chi connectivity index (χ1v) is 7.56. The van der Waals surface area contributed by atoms with Crippen LogP contribution in [0.2, 0.25) is 5.02 Å². The number of sulfonamides is 1. The summed E-state index contributed by atoms with van der Waals surface area (Å²) in [6.45, 7) is 0. The van der Waals surface area contributed by atoms with Crippen molar-refractivity contribution in [2.75, 3.05) is 5.32 Å². The Morgan fingerprint density at radius 2 is 2.00 bits per heavy atom. The van der Waals surface area contributed by atoms with Crippen LogP contribution in [-0.4, -0.2) is 18.9 Å². The molecule has 6 nitrogen and oxygen atoms in total. The van der Waals surface area contributed by atoms with Gasteiger partial charge in [0.15, 0.2) is 0 Å². The minimum Gasteiger partial charge on any atom is -0.345 e. The van der Waals surface area contributed by atoms with Crippen LogP contribution in [0.1, 0.15) is 10.5 Å². The molecular formula is C12H11ClFN3O3S. The van der Waals surface area contributed by atoms with Crippen molar-refractivity contribution < 1.29 is 17.6 Å². The highest BCUT2D eigenvalue weighted by molar-refractivity contribution is 7.89. The first-order chi connectivity index (χ1) is 9.66. The maximum atomic E-state index is 13.4. The fourth-order valence-electron chi connectivity index (χ4n) is 1.74. The van der Waals surface area contributed by atoms with Gasteiger partial charge in [0.05, 0.1) is 9.92 Å². The van der Waals surface area contributed by atoms with Crippen molar-refractivity contribution in [3.8, 4) is 0 Å². The van der Waals surface area contributed by atoms with Crippen molar-refractivity contribution in [2.45, 2.75) is 4.90 Å². The summed E-state index contributed by atoms with van der Waals surface area (Å²) in [7, 11) is -2.46. The number of benzene rings is 1. The van der Waals surface area contributed by atoms with Crippen LogP contribution in [0.25, 0.3) is 0 Å². The molecule has 0 bridgehead atoms. The normalized spacial score (nSPS) is 11.4. The van der Waals surface area contributed by atoms with Crippen molar-refractivity contribution in [3.05, 3.63) is 47.0 Å². The Morgan fingerprint density at radius 3 is 2.52 bits per heavy atom. The Hall–Kier alpha value is -1.90. The smallest absolute Gasteiger partial charge is 0.272 e. The Morgan fingerprint density at radius 1 is 1.33 bits per heavy atom. The van der Waals surface area contributed by atoms with Gasteiger partial charge < -0.3 is 9.88 Å². The van der Waals surface area contributed by atoms with E-state index in [-0.39, 0.29) is 11.4 Å². The molecule has 2 rings (SSSR count). The average Bonchev–Trinajstić information content (AvgIpc) is 2.66. The van der Waals surface area contributed by atoms with E-state index in [4.69, 9.17) is 16.7 Å². The second-order valence-electron chi connectivity index (χ2n) is 4.33. The number of nitrogens with zero attached hydrogens (tertiary/aromatic N) is 1. The number of nitrogens with one attached hydrogen (secondary N) is 1. The lowest BCUT2D eigenvalue weighted by molar-refractivity contribution is 0.101. The van der Waals surface area contributed by atoms with Crippen LogP contribution in [0.3, 0.4) is 0 Å². The Balaban J connectivity index is 2.34. The van der Waals surface area contributed by atoms with Gasteiger partial charge in [0.1, 0.15) is 11.5 Å². The number of hydrogen-bond donors (Lipinski definition) is 2. The van der Waals surface area contributed by atoms with Crippen molar-refractivity contribution in [2.24, 2.45) is 12.2 Å². The molecule has 0 unspecified atom stereocenters. The van der Waals surface area contributed by atoms with Gasteiger partial charge in [-0.15, -0.1) is 0 Å². The van der Waals surface area contributed by atoms with Crippen molar-refractivity contribution in [1.29, 1.82) is 0 Å². The number of aryl methyl sites for hydroxylation is 1. The topological polar surface area (TPSA) is 94.2 Å². The number of rotatable bonds is 3. The lowest BCUT2D eigenvalue weighted by atomic mass is 10.3. The van der Waals surface area contributed by atoms with Gasteiger partial charge in [-0.25, -0.2) is 17.9 Å². The van der Waals surface area contributed by atoms with Crippen LogP contribution in [0.15, 0.2) is 35.4 Å². The third kappa shape index (κ3) is 3.60. The number of aromatic nitrogens is 1. The predicted octanol–water partition coefficient (Wildman–Crippen LogP) is 1.72. The zero-order valence-corrected chi connectivity index (χ0v) is 12.4. The lowest BCUT2D eigenvalue weighted by Crippen LogP contribution is -2.17. The molecule has 1 heterocycles. The summed E-state index contributed by atoms with van der Waals surface area (Å²) in [5.41, 5.74) is 0.211. The third-order valence-corrected chi connectivity index (χ3v) is 3.76. The van der Waals surface area contributed by atoms with Gasteiger partial charge in [-0.2, -0.15) is 0 Å². The summed E-state index contributed by atoms with van der Waals surface area (Å²) < 4.78 is 37.3. The zero-order valence-electron chi connectivity index (χ0n) is 10.8. The largest absolute Gasteiger partial charge is 0.345 e. The minimum absolute atomic E-state index is 0.0265. The Bertz CT molecular complexity index is 817. The first kappa shape index (κ1) is 15.5. The molecule has 112 valence electrons. The summed E-state index contributed by atoms with van der Waals surface area (Å²) in [6, 6.07) is 4.25. The summed E-state index contributed by atoms with van der Waals surface area (Å²) in [5, 5.41) is 7.69. The summed E-state index contributed by atoms with van der Waals surface area (Å²) in [6.07, 6.45) is 1.53. The fourth-order valence-corrected chi connectivity index (χ4v) is 2.56. The molecule has 0 aliphatic carbocycles. The summed E-state index contributed by atoms with van der Waals surface area (Å²) in [5.74, 6) is -1.39. The van der Waals surface area contributed by atoms with Gasteiger partial charge >= 0.3 is 0 Å². The van der Waals surface area contributed by atoms with Crippen LogP contribution in [-0.2, 0) is 17.1 Å². The highest BCUT2D eigenvalue weighted by Crippen LogP contribution is 2.19. The third-order valence-electron chi connectivity index (χ3n) is 2.66. The second kappa shape index (κ2) is 5.47. The van der Waals surface area contributed by atoms with Gasteiger partial charge in [-0.05, 0) is 24.3 Å². The molecule has 3 N–H and O–H groups in total. The first-order valence-electron chi connectivity index (χ1n) is 5.63. The average molecular weight is 332 g/mol. The number of carbonyl (C=O) groups is 1. The predicted molar refractivity (Wildman–Crippen MR) is 76.1 cm³/mol. The SMILES string of the molecule is Cn1cc(Cl)cc1C(=O)Nc1cc(F)cc(S(N)(=O)=O)c1. The fraction of sp³-hybridized carbons (Fsp3) is 0.0833. The number of nitrogens with two attached hydrogens (primary N) is 1. The molecule has 0 saturated carbocycles. The van der Waals surface area contributed by atoms with E-state index in [1.54, 1.807) is 7.05 Å². The number of amides is 1. The standard InChI is InChI=1S/C12H11ClFN3O3S/c1-17-6-7(13)2-11(17)12(18)16-9-3-8(14)4-10(5-9)21(15,19)20/h2-6H,1H3,(H,16,18)(H2,15,19,20). The molecule has 1 aromatic heterocycles. The number of halogens is 2. The Kier molecular flexibility index (Phi) is 4.04. The highest BCUT2D eigenvalue weighted by atomic mass is 35.5. The van der Waals surface area contributed by atoms with Gasteiger partial charge in [0, 0.05) is 18.9 Å². The molecule has 0 aliphatic heterocycles. The maximum absolute atomic E-state index is 13.4. The van der Waals surface area contributed by atoms with E-state index < -0.39 is 26.6 Å². The summed E-state index contributed by atoms with van der Waals surface area (Å²) in [4.78, 5) is 11.6. The van der Waals surface area contributed by atoms with Gasteiger partial charge in [0.2, 0.25) is 10.0 Å². The molecule has 0 radical (unpaired) electrons. The van der Waals surface area contributed by atoms with Gasteiger partial charge in [-0.3, -0.25) is 4.79 Å². The molecule has 9 heteroatoms. The molecule has 0 aliphatic rings. The van der Waals surface area contributed by atoms with Crippen molar-refractivity contribution in [1.82, 2.24) is 4.57 Å². The molecule has 1 amide bonds. The van der Waals surface area contributed by atoms with Crippen molar-refractivity contribution in [3.63, 3.8) is 0 Å². The van der Waals surface area contributed by atoms with Crippen LogP contribution in [0, 0.1) is 5.82 Å². The van der Waals surface area contributed by atoms with Crippen LogP contribution in [0.4, 0.5) is 10.1 Å². The number of primary sulfonamides is 1. The second-order valence-corrected chi connectivity index (χ2v) is 6.33. The molecule has 0 atom stereocenters. The number of anilines is 1. The van der Waals surface area contributed by atoms with E-state index in [0.717, 1.165) is 18.2 Å². The van der Waals surface area contributed by atoms with Crippen LogP contribution < -0.4 is 10.5 Å². The van der Waals surface area contributed by atoms with E-state index in [9.17, 15) is 17.6 Å². The van der Waals surface area contributed by atoms with Crippen molar-refractivity contribution >= 4 is 33.2 Å². The van der Waals surface area contributed by atoms with E-state index in [0.29, 0.717) is 5.02 Å². The number of hydrogen-bond acceptors (Lipinski definition) is 3. The molecule has 0 fully saturated rings. The van der Waals surface area contributed by atoms with E-state index in [1.165, 1.54) is 16.8 Å². The maximum Gasteiger partial charge on any atom is 0.272 e. The minimum atomic E-state index is -4.07. The van der Waals surface area contributed by atoms with E-state index in [2.05, 4.69) is 5.32 Å². The number of carbonyl (C=O) groups excluding carboxylic acids is 1. The molecule has 21 heavy (non-hydrogen) atoms. The van der Waals surface area contributed by atoms with E-state index in [1.807, 2.05) is 0 Å². The molecular weight excluding hydrogens is 321 g/mol. The van der Waals surface area contributed by atoms with E-state index >= 15 is 0 Å². The lowest BCUT2D eigenvalue weighted by Gasteiger charge is -2.08. The van der Waals surface area contributed by atoms with Gasteiger partial charge in [0.25, 0.3) is 5.91 Å². The van der Waals surface area contributed by atoms with Crippen LogP contribution >= 0.6 is 11.6 Å². The molecule has 0 saturated heterocycles. The quantitative estimate of drug-likeness (QED) is 0.896. The monoisotopic (exact) mass is 331 g/mol. The van der Waals surface area contributed by atoms with Gasteiger partial charge in [-0.1, -0.05) is 11.6 Å². The summed E-state index contributed by atoms with van der Waals surface area (Å²) >= 11 is 5.77. The molecule has 1 aromatic carbocycles. The van der Waals surface area contributed by atoms with Crippen LogP contribution in [0.5, 0.6) is 0 Å². The zero-order chi connectivity index (χ0) is 15.8.